The van der Waals surface area contributed by atoms with Crippen molar-refractivity contribution >= 4 is 11.6 Å². The van der Waals surface area contributed by atoms with E-state index in [9.17, 15) is 4.79 Å². The van der Waals surface area contributed by atoms with Crippen LogP contribution in [0.3, 0.4) is 0 Å². The van der Waals surface area contributed by atoms with Gasteiger partial charge in [0.05, 0.1) is 0 Å². The van der Waals surface area contributed by atoms with Crippen LogP contribution < -0.4 is 11.1 Å². The second-order valence-electron chi connectivity index (χ2n) is 4.71. The number of benzene rings is 1. The molecule has 0 fully saturated rings. The molecule has 0 spiro atoms. The van der Waals surface area contributed by atoms with E-state index in [1.807, 2.05) is 54.3 Å². The van der Waals surface area contributed by atoms with Gasteiger partial charge in [-0.25, -0.2) is 0 Å². The van der Waals surface area contributed by atoms with Gasteiger partial charge in [0, 0.05) is 38.1 Å². The van der Waals surface area contributed by atoms with Gasteiger partial charge in [-0.15, -0.1) is 0 Å². The predicted molar refractivity (Wildman–Crippen MR) is 76.4 cm³/mol. The van der Waals surface area contributed by atoms with E-state index in [2.05, 4.69) is 5.32 Å². The lowest BCUT2D eigenvalue weighted by molar-refractivity contribution is -0.121. The molecular weight excluding hydrogens is 238 g/mol. The first-order valence-electron chi connectivity index (χ1n) is 6.35. The Morgan fingerprint density at radius 2 is 2.16 bits per heavy atom. The van der Waals surface area contributed by atoms with E-state index in [0.717, 1.165) is 16.8 Å². The second-order valence-corrected chi connectivity index (χ2v) is 4.71. The van der Waals surface area contributed by atoms with E-state index in [-0.39, 0.29) is 5.91 Å². The summed E-state index contributed by atoms with van der Waals surface area (Å²) in [5.74, 6) is 0.0614. The van der Waals surface area contributed by atoms with Gasteiger partial charge in [-0.2, -0.15) is 0 Å². The van der Waals surface area contributed by atoms with Gasteiger partial charge in [-0.05, 0) is 35.7 Å². The van der Waals surface area contributed by atoms with Crippen LogP contribution in [0.1, 0.15) is 17.5 Å². The molecule has 1 amide bonds. The Morgan fingerprint density at radius 1 is 1.32 bits per heavy atom. The predicted octanol–water partition coefficient (Wildman–Crippen LogP) is 1.86. The average molecular weight is 257 g/mol. The highest BCUT2D eigenvalue weighted by Crippen LogP contribution is 2.08. The van der Waals surface area contributed by atoms with E-state index in [0.29, 0.717) is 19.4 Å². The molecule has 0 bridgehead atoms. The molecule has 0 saturated heterocycles. The molecule has 2 aromatic rings. The van der Waals surface area contributed by atoms with Crippen LogP contribution in [0, 0.1) is 0 Å². The van der Waals surface area contributed by atoms with Crippen molar-refractivity contribution in [3.8, 4) is 0 Å². The van der Waals surface area contributed by atoms with E-state index in [1.165, 1.54) is 0 Å². The first-order chi connectivity index (χ1) is 9.13. The minimum Gasteiger partial charge on any atom is -0.399 e. The van der Waals surface area contributed by atoms with Crippen LogP contribution >= 0.6 is 0 Å². The lowest BCUT2D eigenvalue weighted by atomic mass is 10.1. The topological polar surface area (TPSA) is 60.0 Å². The maximum absolute atomic E-state index is 11.7. The Morgan fingerprint density at radius 3 is 2.84 bits per heavy atom. The van der Waals surface area contributed by atoms with Crippen molar-refractivity contribution in [2.24, 2.45) is 7.05 Å². The van der Waals surface area contributed by atoms with Gasteiger partial charge in [-0.3, -0.25) is 4.79 Å². The second kappa shape index (κ2) is 6.09. The monoisotopic (exact) mass is 257 g/mol. The minimum atomic E-state index is 0.0614. The lowest BCUT2D eigenvalue weighted by Crippen LogP contribution is -2.22. The first-order valence-corrected chi connectivity index (χ1v) is 6.35. The molecule has 1 aromatic heterocycles. The van der Waals surface area contributed by atoms with Crippen molar-refractivity contribution in [3.05, 3.63) is 53.9 Å². The number of nitrogens with two attached hydrogens (primary N) is 1. The van der Waals surface area contributed by atoms with Gasteiger partial charge in [0.25, 0.3) is 0 Å². The zero-order valence-corrected chi connectivity index (χ0v) is 11.1. The molecule has 0 radical (unpaired) electrons. The summed E-state index contributed by atoms with van der Waals surface area (Å²) in [6.07, 6.45) is 5.16. The van der Waals surface area contributed by atoms with Gasteiger partial charge in [0.2, 0.25) is 5.91 Å². The number of rotatable bonds is 5. The van der Waals surface area contributed by atoms with Crippen molar-refractivity contribution in [2.75, 3.05) is 5.73 Å². The fourth-order valence-electron chi connectivity index (χ4n) is 1.96. The number of nitrogens with one attached hydrogen (secondary N) is 1. The number of anilines is 1. The largest absolute Gasteiger partial charge is 0.399 e. The number of nitrogens with zero attached hydrogens (tertiary/aromatic N) is 1. The molecule has 4 nitrogen and oxygen atoms in total. The molecule has 0 aliphatic carbocycles. The summed E-state index contributed by atoms with van der Waals surface area (Å²) in [6, 6.07) is 9.65. The normalized spacial score (nSPS) is 10.4. The van der Waals surface area contributed by atoms with Crippen molar-refractivity contribution in [1.29, 1.82) is 0 Å². The fraction of sp³-hybridized carbons (Fsp3) is 0.267. The number of aromatic nitrogens is 1. The van der Waals surface area contributed by atoms with E-state index in [1.54, 1.807) is 0 Å². The summed E-state index contributed by atoms with van der Waals surface area (Å²) in [5.41, 5.74) is 8.64. The Labute approximate surface area is 113 Å². The molecule has 0 saturated carbocycles. The molecule has 19 heavy (non-hydrogen) atoms. The lowest BCUT2D eigenvalue weighted by Gasteiger charge is -2.05. The molecule has 0 unspecified atom stereocenters. The van der Waals surface area contributed by atoms with Crippen LogP contribution in [0.2, 0.25) is 0 Å². The number of hydrogen-bond donors (Lipinski definition) is 2. The van der Waals surface area contributed by atoms with Gasteiger partial charge >= 0.3 is 0 Å². The van der Waals surface area contributed by atoms with Crippen molar-refractivity contribution in [2.45, 2.75) is 19.4 Å². The molecule has 1 heterocycles. The van der Waals surface area contributed by atoms with Crippen molar-refractivity contribution < 1.29 is 4.79 Å². The van der Waals surface area contributed by atoms with Crippen LogP contribution in [-0.2, 0) is 24.8 Å². The van der Waals surface area contributed by atoms with Crippen LogP contribution in [0.4, 0.5) is 5.69 Å². The van der Waals surface area contributed by atoms with Crippen LogP contribution in [0.15, 0.2) is 42.7 Å². The molecule has 2 rings (SSSR count). The Kier molecular flexibility index (Phi) is 4.23. The summed E-state index contributed by atoms with van der Waals surface area (Å²) in [4.78, 5) is 11.7. The van der Waals surface area contributed by atoms with E-state index < -0.39 is 0 Å². The number of hydrogen-bond acceptors (Lipinski definition) is 2. The molecule has 100 valence electrons. The van der Waals surface area contributed by atoms with Crippen LogP contribution in [-0.4, -0.2) is 10.5 Å². The third-order valence-corrected chi connectivity index (χ3v) is 2.97. The van der Waals surface area contributed by atoms with E-state index >= 15 is 0 Å². The maximum Gasteiger partial charge on any atom is 0.220 e. The minimum absolute atomic E-state index is 0.0614. The Bertz CT molecular complexity index is 560. The number of carbonyl (C=O) groups excluding carboxylic acids is 1. The molecule has 4 heteroatoms. The third kappa shape index (κ3) is 4.17. The number of aryl methyl sites for hydroxylation is 2. The SMILES string of the molecule is Cn1ccc(CNC(=O)CCc2cccc(N)c2)c1. The zero-order valence-electron chi connectivity index (χ0n) is 11.1. The zero-order chi connectivity index (χ0) is 13.7. The van der Waals surface area contributed by atoms with E-state index in [4.69, 9.17) is 5.73 Å². The van der Waals surface area contributed by atoms with Gasteiger partial charge in [-0.1, -0.05) is 12.1 Å². The Balaban J connectivity index is 1.75. The summed E-state index contributed by atoms with van der Waals surface area (Å²) >= 11 is 0. The number of amides is 1. The molecule has 0 aliphatic heterocycles. The molecule has 3 N–H and O–H groups in total. The Hall–Kier alpha value is -2.23. The van der Waals surface area contributed by atoms with Gasteiger partial charge in [0.15, 0.2) is 0 Å². The molecule has 0 atom stereocenters. The summed E-state index contributed by atoms with van der Waals surface area (Å²) in [5, 5.41) is 2.91. The highest BCUT2D eigenvalue weighted by molar-refractivity contribution is 5.76. The maximum atomic E-state index is 11.7. The highest BCUT2D eigenvalue weighted by atomic mass is 16.1. The van der Waals surface area contributed by atoms with Crippen molar-refractivity contribution in [1.82, 2.24) is 9.88 Å². The summed E-state index contributed by atoms with van der Waals surface area (Å²) in [7, 11) is 1.96. The summed E-state index contributed by atoms with van der Waals surface area (Å²) < 4.78 is 1.97. The molecule has 1 aromatic carbocycles. The smallest absolute Gasteiger partial charge is 0.220 e. The van der Waals surface area contributed by atoms with Crippen LogP contribution in [0.25, 0.3) is 0 Å². The number of nitrogen functional groups attached to an aromatic ring is 1. The van der Waals surface area contributed by atoms with Crippen molar-refractivity contribution in [3.63, 3.8) is 0 Å². The standard InChI is InChI=1S/C15H19N3O/c1-18-8-7-13(11-18)10-17-15(19)6-5-12-3-2-4-14(16)9-12/h2-4,7-9,11H,5-6,10,16H2,1H3,(H,17,19). The van der Waals surface area contributed by atoms with Crippen LogP contribution in [0.5, 0.6) is 0 Å². The number of carbonyl (C=O) groups is 1. The summed E-state index contributed by atoms with van der Waals surface area (Å²) in [6.45, 7) is 0.580. The highest BCUT2D eigenvalue weighted by Gasteiger charge is 2.03. The third-order valence-electron chi connectivity index (χ3n) is 2.97. The quantitative estimate of drug-likeness (QED) is 0.803. The van der Waals surface area contributed by atoms with Gasteiger partial charge < -0.3 is 15.6 Å². The average Bonchev–Trinajstić information content (AvgIpc) is 2.80. The fourth-order valence-corrected chi connectivity index (χ4v) is 1.96. The molecule has 0 aliphatic rings. The molecular formula is C15H19N3O. The first kappa shape index (κ1) is 13.2. The van der Waals surface area contributed by atoms with Gasteiger partial charge in [0.1, 0.15) is 0 Å².